The number of anilines is 3. The van der Waals surface area contributed by atoms with Gasteiger partial charge < -0.3 is 24.8 Å². The van der Waals surface area contributed by atoms with Crippen LogP contribution in [-0.2, 0) is 9.59 Å². The first kappa shape index (κ1) is 20.7. The van der Waals surface area contributed by atoms with E-state index in [-0.39, 0.29) is 18.4 Å². The van der Waals surface area contributed by atoms with Crippen LogP contribution in [0.1, 0.15) is 6.92 Å². The van der Waals surface area contributed by atoms with Gasteiger partial charge in [-0.3, -0.25) is 9.59 Å². The lowest BCUT2D eigenvalue weighted by Crippen LogP contribution is -2.44. The summed E-state index contributed by atoms with van der Waals surface area (Å²) in [7, 11) is 3.71. The van der Waals surface area contributed by atoms with Gasteiger partial charge in [-0.15, -0.1) is 0 Å². The third-order valence-corrected chi connectivity index (χ3v) is 5.09. The van der Waals surface area contributed by atoms with E-state index in [0.29, 0.717) is 17.1 Å². The molecule has 0 spiro atoms. The van der Waals surface area contributed by atoms with Crippen LogP contribution in [0.25, 0.3) is 0 Å². The molecule has 0 aromatic heterocycles. The molecular formula is C22H28N4O3. The first-order valence-corrected chi connectivity index (χ1v) is 9.72. The first-order chi connectivity index (χ1) is 14.0. The zero-order valence-electron chi connectivity index (χ0n) is 17.2. The number of nitrogens with one attached hydrogen (secondary N) is 1. The number of nitrogens with zero attached hydrogens (tertiary/aromatic N) is 3. The minimum Gasteiger partial charge on any atom is -0.497 e. The lowest BCUT2D eigenvalue weighted by molar-refractivity contribution is -0.120. The van der Waals surface area contributed by atoms with E-state index in [1.807, 2.05) is 24.3 Å². The van der Waals surface area contributed by atoms with Gasteiger partial charge in [0.1, 0.15) is 12.3 Å². The zero-order chi connectivity index (χ0) is 20.8. The molecule has 1 fully saturated rings. The summed E-state index contributed by atoms with van der Waals surface area (Å²) in [5.74, 6) is 0.251. The van der Waals surface area contributed by atoms with Gasteiger partial charge in [0.2, 0.25) is 11.8 Å². The number of benzene rings is 2. The molecular weight excluding hydrogens is 368 g/mol. The summed E-state index contributed by atoms with van der Waals surface area (Å²) in [6, 6.07) is 14.9. The topological polar surface area (TPSA) is 65.1 Å². The summed E-state index contributed by atoms with van der Waals surface area (Å²) in [6.45, 7) is 5.48. The number of carbonyl (C=O) groups excluding carboxylic acids is 2. The van der Waals surface area contributed by atoms with Crippen LogP contribution in [-0.4, -0.2) is 63.6 Å². The quantitative estimate of drug-likeness (QED) is 0.813. The Morgan fingerprint density at radius 3 is 2.17 bits per heavy atom. The van der Waals surface area contributed by atoms with Crippen molar-refractivity contribution in [3.8, 4) is 5.75 Å². The molecule has 154 valence electrons. The summed E-state index contributed by atoms with van der Waals surface area (Å²) >= 11 is 0. The van der Waals surface area contributed by atoms with Gasteiger partial charge >= 0.3 is 0 Å². The number of piperazine rings is 1. The van der Waals surface area contributed by atoms with E-state index >= 15 is 0 Å². The molecule has 0 atom stereocenters. The van der Waals surface area contributed by atoms with Gasteiger partial charge in [-0.05, 0) is 55.6 Å². The summed E-state index contributed by atoms with van der Waals surface area (Å²) < 4.78 is 5.14. The average molecular weight is 396 g/mol. The number of hydrogen-bond donors (Lipinski definition) is 1. The summed E-state index contributed by atoms with van der Waals surface area (Å²) in [5, 5.41) is 2.87. The third-order valence-electron chi connectivity index (χ3n) is 5.09. The fourth-order valence-corrected chi connectivity index (χ4v) is 3.31. The van der Waals surface area contributed by atoms with Crippen molar-refractivity contribution in [2.45, 2.75) is 6.92 Å². The standard InChI is InChI=1S/C22H28N4O3/c1-17(27)26(20-8-10-21(29-3)11-9-20)16-22(28)23-18-4-6-19(7-5-18)25-14-12-24(2)13-15-25/h4-11H,12-16H2,1-3H3,(H,23,28). The molecule has 3 rings (SSSR count). The Hall–Kier alpha value is -3.06. The molecule has 2 amide bonds. The second kappa shape index (κ2) is 9.43. The molecule has 1 N–H and O–H groups in total. The Morgan fingerprint density at radius 1 is 1.00 bits per heavy atom. The highest BCUT2D eigenvalue weighted by Crippen LogP contribution is 2.21. The van der Waals surface area contributed by atoms with E-state index in [9.17, 15) is 9.59 Å². The first-order valence-electron chi connectivity index (χ1n) is 9.72. The SMILES string of the molecule is COc1ccc(N(CC(=O)Nc2ccc(N3CCN(C)CC3)cc2)C(C)=O)cc1. The Kier molecular flexibility index (Phi) is 6.72. The second-order valence-corrected chi connectivity index (χ2v) is 7.19. The van der Waals surface area contributed by atoms with Gasteiger partial charge in [0, 0.05) is 50.2 Å². The fraction of sp³-hybridized carbons (Fsp3) is 0.364. The minimum atomic E-state index is -0.247. The van der Waals surface area contributed by atoms with Crippen molar-refractivity contribution in [3.05, 3.63) is 48.5 Å². The van der Waals surface area contributed by atoms with E-state index in [4.69, 9.17) is 4.74 Å². The Morgan fingerprint density at radius 2 is 1.62 bits per heavy atom. The largest absolute Gasteiger partial charge is 0.497 e. The Bertz CT molecular complexity index is 828. The van der Waals surface area contributed by atoms with Gasteiger partial charge in [-0.25, -0.2) is 0 Å². The molecule has 1 aliphatic heterocycles. The molecule has 29 heavy (non-hydrogen) atoms. The van der Waals surface area contributed by atoms with Crippen LogP contribution in [0.5, 0.6) is 5.75 Å². The smallest absolute Gasteiger partial charge is 0.244 e. The lowest BCUT2D eigenvalue weighted by Gasteiger charge is -2.34. The lowest BCUT2D eigenvalue weighted by atomic mass is 10.2. The number of amides is 2. The second-order valence-electron chi connectivity index (χ2n) is 7.19. The van der Waals surface area contributed by atoms with Crippen molar-refractivity contribution in [1.29, 1.82) is 0 Å². The van der Waals surface area contributed by atoms with Gasteiger partial charge in [-0.2, -0.15) is 0 Å². The molecule has 0 aliphatic carbocycles. The molecule has 7 nitrogen and oxygen atoms in total. The van der Waals surface area contributed by atoms with Crippen molar-refractivity contribution >= 4 is 28.9 Å². The highest BCUT2D eigenvalue weighted by atomic mass is 16.5. The number of rotatable bonds is 6. The van der Waals surface area contributed by atoms with Gasteiger partial charge in [0.25, 0.3) is 0 Å². The molecule has 7 heteroatoms. The maximum Gasteiger partial charge on any atom is 0.244 e. The highest BCUT2D eigenvalue weighted by molar-refractivity contribution is 6.01. The highest BCUT2D eigenvalue weighted by Gasteiger charge is 2.17. The molecule has 0 saturated carbocycles. The van der Waals surface area contributed by atoms with Crippen LogP contribution >= 0.6 is 0 Å². The number of ether oxygens (including phenoxy) is 1. The summed E-state index contributed by atoms with van der Waals surface area (Å²) in [4.78, 5) is 30.6. The maximum absolute atomic E-state index is 12.5. The van der Waals surface area contributed by atoms with Crippen LogP contribution in [0.4, 0.5) is 17.1 Å². The molecule has 0 radical (unpaired) electrons. The van der Waals surface area contributed by atoms with Gasteiger partial charge in [0.15, 0.2) is 0 Å². The monoisotopic (exact) mass is 396 g/mol. The number of methoxy groups -OCH3 is 1. The molecule has 1 heterocycles. The predicted octanol–water partition coefficient (Wildman–Crippen LogP) is 2.44. The number of likely N-dealkylation sites (N-methyl/N-ethyl adjacent to an activating group) is 1. The van der Waals surface area contributed by atoms with Crippen LogP contribution < -0.4 is 19.9 Å². The maximum atomic E-state index is 12.5. The van der Waals surface area contributed by atoms with Crippen LogP contribution in [0.2, 0.25) is 0 Å². The molecule has 1 saturated heterocycles. The van der Waals surface area contributed by atoms with Crippen molar-refractivity contribution < 1.29 is 14.3 Å². The number of carbonyl (C=O) groups is 2. The number of hydrogen-bond acceptors (Lipinski definition) is 5. The van der Waals surface area contributed by atoms with Gasteiger partial charge in [-0.1, -0.05) is 0 Å². The van der Waals surface area contributed by atoms with E-state index in [1.165, 1.54) is 11.8 Å². The Balaban J connectivity index is 1.60. The van der Waals surface area contributed by atoms with Crippen molar-refractivity contribution in [1.82, 2.24) is 4.90 Å². The molecule has 2 aromatic carbocycles. The van der Waals surface area contributed by atoms with Crippen LogP contribution in [0.3, 0.4) is 0 Å². The van der Waals surface area contributed by atoms with Crippen LogP contribution in [0.15, 0.2) is 48.5 Å². The normalized spacial score (nSPS) is 14.4. The minimum absolute atomic E-state index is 0.0537. The zero-order valence-corrected chi connectivity index (χ0v) is 17.2. The van der Waals surface area contributed by atoms with E-state index in [0.717, 1.165) is 31.9 Å². The van der Waals surface area contributed by atoms with Gasteiger partial charge in [0.05, 0.1) is 7.11 Å². The average Bonchev–Trinajstić information content (AvgIpc) is 2.73. The molecule has 2 aromatic rings. The fourth-order valence-electron chi connectivity index (χ4n) is 3.31. The van der Waals surface area contributed by atoms with E-state index in [2.05, 4.69) is 22.2 Å². The van der Waals surface area contributed by atoms with E-state index in [1.54, 1.807) is 31.4 Å². The Labute approximate surface area is 171 Å². The summed E-state index contributed by atoms with van der Waals surface area (Å²) in [5.41, 5.74) is 2.52. The molecule has 1 aliphatic rings. The van der Waals surface area contributed by atoms with Crippen molar-refractivity contribution in [2.75, 3.05) is 62.0 Å². The van der Waals surface area contributed by atoms with Crippen LogP contribution in [0, 0.1) is 0 Å². The summed E-state index contributed by atoms with van der Waals surface area (Å²) in [6.07, 6.45) is 0. The van der Waals surface area contributed by atoms with Crippen molar-refractivity contribution in [2.24, 2.45) is 0 Å². The van der Waals surface area contributed by atoms with E-state index < -0.39 is 0 Å². The third kappa shape index (κ3) is 5.48. The molecule has 0 unspecified atom stereocenters. The van der Waals surface area contributed by atoms with Crippen molar-refractivity contribution in [3.63, 3.8) is 0 Å². The molecule has 0 bridgehead atoms. The predicted molar refractivity (Wildman–Crippen MR) is 116 cm³/mol.